The number of hydrogen-bond acceptors (Lipinski definition) is 5. The van der Waals surface area contributed by atoms with Gasteiger partial charge in [0.25, 0.3) is 0 Å². The minimum atomic E-state index is -0.286. The van der Waals surface area contributed by atoms with E-state index in [2.05, 4.69) is 15.8 Å². The number of carbonyl (C=O) groups excluding carboxylic acids is 2. The van der Waals surface area contributed by atoms with E-state index < -0.39 is 0 Å². The molecule has 0 heterocycles. The van der Waals surface area contributed by atoms with Crippen LogP contribution in [-0.4, -0.2) is 31.7 Å². The number of hydrogen-bond donors (Lipinski definition) is 2. The van der Waals surface area contributed by atoms with Gasteiger partial charge in [0.05, 0.1) is 27.1 Å². The molecule has 148 valence electrons. The summed E-state index contributed by atoms with van der Waals surface area (Å²) < 4.78 is 10.4. The third-order valence-corrected chi connectivity index (χ3v) is 4.02. The predicted molar refractivity (Wildman–Crippen MR) is 109 cm³/mol. The van der Waals surface area contributed by atoms with Crippen LogP contribution in [0.2, 0.25) is 0 Å². The standard InChI is InChI=1S/C21H25N3O4/c1-14-7-5-6-8-17(14)22-20(25)11-15(2)23-24-21(26)13-16-9-10-18(27-3)19(12-16)28-4/h5-10,12H,11,13H2,1-4H3,(H,22,25)(H,24,26)/b23-15+. The highest BCUT2D eigenvalue weighted by Crippen LogP contribution is 2.27. The van der Waals surface area contributed by atoms with E-state index in [9.17, 15) is 9.59 Å². The molecule has 0 saturated heterocycles. The number of amides is 2. The van der Waals surface area contributed by atoms with E-state index in [1.807, 2.05) is 31.2 Å². The molecule has 0 unspecified atom stereocenters. The summed E-state index contributed by atoms with van der Waals surface area (Å²) in [5.41, 5.74) is 5.49. The van der Waals surface area contributed by atoms with Crippen LogP contribution in [0.5, 0.6) is 11.5 Å². The topological polar surface area (TPSA) is 89.0 Å². The van der Waals surface area contributed by atoms with Gasteiger partial charge < -0.3 is 14.8 Å². The van der Waals surface area contributed by atoms with Crippen molar-refractivity contribution in [3.63, 3.8) is 0 Å². The molecule has 2 amide bonds. The lowest BCUT2D eigenvalue weighted by molar-refractivity contribution is -0.120. The van der Waals surface area contributed by atoms with Crippen molar-refractivity contribution in [3.05, 3.63) is 53.6 Å². The molecule has 0 radical (unpaired) electrons. The van der Waals surface area contributed by atoms with Crippen molar-refractivity contribution < 1.29 is 19.1 Å². The lowest BCUT2D eigenvalue weighted by Gasteiger charge is -2.09. The Morgan fingerprint density at radius 2 is 1.71 bits per heavy atom. The SMILES string of the molecule is COc1ccc(CC(=O)N/N=C(\C)CC(=O)Nc2ccccc2C)cc1OC. The maximum Gasteiger partial charge on any atom is 0.244 e. The van der Waals surface area contributed by atoms with Crippen LogP contribution in [0.15, 0.2) is 47.6 Å². The summed E-state index contributed by atoms with van der Waals surface area (Å²) in [6.07, 6.45) is 0.220. The van der Waals surface area contributed by atoms with Crippen LogP contribution in [0.25, 0.3) is 0 Å². The average Bonchev–Trinajstić information content (AvgIpc) is 2.68. The number of hydrazone groups is 1. The number of para-hydroxylation sites is 1. The molecule has 0 aliphatic heterocycles. The molecular weight excluding hydrogens is 358 g/mol. The largest absolute Gasteiger partial charge is 0.493 e. The van der Waals surface area contributed by atoms with Gasteiger partial charge in [-0.15, -0.1) is 0 Å². The summed E-state index contributed by atoms with van der Waals surface area (Å²) in [6.45, 7) is 3.61. The van der Waals surface area contributed by atoms with Crippen LogP contribution < -0.4 is 20.2 Å². The predicted octanol–water partition coefficient (Wildman–Crippen LogP) is 3.08. The first-order valence-electron chi connectivity index (χ1n) is 8.81. The number of anilines is 1. The van der Waals surface area contributed by atoms with Crippen LogP contribution in [0.4, 0.5) is 5.69 Å². The normalized spacial score (nSPS) is 10.9. The Balaban J connectivity index is 1.87. The number of nitrogens with zero attached hydrogens (tertiary/aromatic N) is 1. The zero-order chi connectivity index (χ0) is 20.5. The summed E-state index contributed by atoms with van der Waals surface area (Å²) in [4.78, 5) is 24.2. The van der Waals surface area contributed by atoms with E-state index in [1.165, 1.54) is 7.11 Å². The molecule has 28 heavy (non-hydrogen) atoms. The molecule has 0 aliphatic carbocycles. The minimum absolute atomic E-state index is 0.0883. The number of benzene rings is 2. The van der Waals surface area contributed by atoms with Crippen molar-refractivity contribution in [1.82, 2.24) is 5.43 Å². The van der Waals surface area contributed by atoms with Gasteiger partial charge in [-0.1, -0.05) is 24.3 Å². The summed E-state index contributed by atoms with van der Waals surface area (Å²) in [5.74, 6) is 0.677. The molecule has 7 heteroatoms. The smallest absolute Gasteiger partial charge is 0.244 e. The Labute approximate surface area is 164 Å². The highest BCUT2D eigenvalue weighted by Gasteiger charge is 2.09. The van der Waals surface area contributed by atoms with Crippen LogP contribution in [0, 0.1) is 6.92 Å². The number of methoxy groups -OCH3 is 2. The van der Waals surface area contributed by atoms with Crippen molar-refractivity contribution >= 4 is 23.2 Å². The van der Waals surface area contributed by atoms with Gasteiger partial charge in [0.15, 0.2) is 11.5 Å². The second-order valence-corrected chi connectivity index (χ2v) is 6.29. The molecule has 2 aromatic rings. The molecule has 0 atom stereocenters. The van der Waals surface area contributed by atoms with Gasteiger partial charge >= 0.3 is 0 Å². The van der Waals surface area contributed by atoms with Crippen LogP contribution in [-0.2, 0) is 16.0 Å². The first-order chi connectivity index (χ1) is 13.4. The van der Waals surface area contributed by atoms with Crippen LogP contribution >= 0.6 is 0 Å². The van der Waals surface area contributed by atoms with E-state index in [-0.39, 0.29) is 24.7 Å². The van der Waals surface area contributed by atoms with Gasteiger partial charge in [-0.3, -0.25) is 9.59 Å². The van der Waals surface area contributed by atoms with E-state index >= 15 is 0 Å². The highest BCUT2D eigenvalue weighted by molar-refractivity contribution is 6.06. The van der Waals surface area contributed by atoms with Crippen molar-refractivity contribution in [3.8, 4) is 11.5 Å². The van der Waals surface area contributed by atoms with Crippen molar-refractivity contribution in [2.24, 2.45) is 5.10 Å². The summed E-state index contributed by atoms with van der Waals surface area (Å²) in [7, 11) is 3.09. The molecular formula is C21H25N3O4. The summed E-state index contributed by atoms with van der Waals surface area (Å²) in [6, 6.07) is 12.8. The van der Waals surface area contributed by atoms with E-state index in [4.69, 9.17) is 9.47 Å². The first-order valence-corrected chi connectivity index (χ1v) is 8.81. The van der Waals surface area contributed by atoms with Gasteiger partial charge in [0.1, 0.15) is 0 Å². The maximum absolute atomic E-state index is 12.1. The Bertz CT molecular complexity index is 878. The second-order valence-electron chi connectivity index (χ2n) is 6.29. The lowest BCUT2D eigenvalue weighted by atomic mass is 10.1. The Morgan fingerprint density at radius 1 is 1.00 bits per heavy atom. The zero-order valence-electron chi connectivity index (χ0n) is 16.5. The molecule has 2 aromatic carbocycles. The van der Waals surface area contributed by atoms with E-state index in [1.54, 1.807) is 32.2 Å². The number of carbonyl (C=O) groups is 2. The molecule has 0 aromatic heterocycles. The molecule has 0 fully saturated rings. The van der Waals surface area contributed by atoms with Gasteiger partial charge in [-0.2, -0.15) is 5.10 Å². The van der Waals surface area contributed by atoms with Gasteiger partial charge in [-0.25, -0.2) is 5.43 Å². The first kappa shape index (κ1) is 21.0. The average molecular weight is 383 g/mol. The van der Waals surface area contributed by atoms with Crippen LogP contribution in [0.1, 0.15) is 24.5 Å². The molecule has 7 nitrogen and oxygen atoms in total. The lowest BCUT2D eigenvalue weighted by Crippen LogP contribution is -2.23. The third kappa shape index (κ3) is 6.12. The molecule has 0 bridgehead atoms. The molecule has 0 aliphatic rings. The van der Waals surface area contributed by atoms with E-state index in [0.29, 0.717) is 17.2 Å². The zero-order valence-corrected chi connectivity index (χ0v) is 16.5. The number of rotatable bonds is 8. The van der Waals surface area contributed by atoms with Gasteiger partial charge in [0, 0.05) is 11.4 Å². The summed E-state index contributed by atoms with van der Waals surface area (Å²) >= 11 is 0. The fourth-order valence-corrected chi connectivity index (χ4v) is 2.55. The third-order valence-electron chi connectivity index (χ3n) is 4.02. The maximum atomic E-state index is 12.1. The number of ether oxygens (including phenoxy) is 2. The highest BCUT2D eigenvalue weighted by atomic mass is 16.5. The van der Waals surface area contributed by atoms with Gasteiger partial charge in [-0.05, 0) is 43.2 Å². The summed E-state index contributed by atoms with van der Waals surface area (Å²) in [5, 5.41) is 6.83. The number of nitrogens with one attached hydrogen (secondary N) is 2. The second kappa shape index (κ2) is 10.1. The Kier molecular flexibility index (Phi) is 7.56. The monoisotopic (exact) mass is 383 g/mol. The van der Waals surface area contributed by atoms with Crippen molar-refractivity contribution in [2.75, 3.05) is 19.5 Å². The molecule has 0 spiro atoms. The van der Waals surface area contributed by atoms with Crippen molar-refractivity contribution in [1.29, 1.82) is 0 Å². The Hall–Kier alpha value is -3.35. The Morgan fingerprint density at radius 3 is 2.39 bits per heavy atom. The van der Waals surface area contributed by atoms with Crippen molar-refractivity contribution in [2.45, 2.75) is 26.7 Å². The molecule has 0 saturated carbocycles. The fourth-order valence-electron chi connectivity index (χ4n) is 2.55. The van der Waals surface area contributed by atoms with Gasteiger partial charge in [0.2, 0.25) is 11.8 Å². The minimum Gasteiger partial charge on any atom is -0.493 e. The van der Waals surface area contributed by atoms with E-state index in [0.717, 1.165) is 16.8 Å². The molecule has 2 rings (SSSR count). The molecule has 2 N–H and O–H groups in total. The fraction of sp³-hybridized carbons (Fsp3) is 0.286. The quantitative estimate of drug-likeness (QED) is 0.542. The van der Waals surface area contributed by atoms with Crippen LogP contribution in [0.3, 0.4) is 0 Å². The number of aryl methyl sites for hydroxylation is 1.